The molecule has 0 fully saturated rings. The number of pyridine rings is 2. The second-order valence-electron chi connectivity index (χ2n) is 6.45. The van der Waals surface area contributed by atoms with Crippen LogP contribution in [0.4, 0.5) is 5.82 Å². The van der Waals surface area contributed by atoms with Crippen molar-refractivity contribution in [3.8, 4) is 22.6 Å². The van der Waals surface area contributed by atoms with Gasteiger partial charge in [0.2, 0.25) is 0 Å². The quantitative estimate of drug-likeness (QED) is 0.517. The summed E-state index contributed by atoms with van der Waals surface area (Å²) < 4.78 is 10.8. The molecule has 0 aliphatic rings. The molecule has 7 heteroatoms. The summed E-state index contributed by atoms with van der Waals surface area (Å²) in [5.41, 5.74) is 3.87. The minimum absolute atomic E-state index is 0.623. The van der Waals surface area contributed by atoms with Crippen LogP contribution in [0, 0.1) is 0 Å². The molecule has 0 saturated heterocycles. The third-order valence-electron chi connectivity index (χ3n) is 4.69. The van der Waals surface area contributed by atoms with Gasteiger partial charge in [0.15, 0.2) is 11.5 Å². The van der Waals surface area contributed by atoms with Gasteiger partial charge in [-0.25, -0.2) is 4.98 Å². The van der Waals surface area contributed by atoms with Crippen LogP contribution in [0.15, 0.2) is 61.2 Å². The molecule has 4 aromatic rings. The van der Waals surface area contributed by atoms with Crippen LogP contribution >= 0.6 is 0 Å². The van der Waals surface area contributed by atoms with Crippen LogP contribution in [0.5, 0.6) is 11.5 Å². The maximum absolute atomic E-state index is 5.43. The summed E-state index contributed by atoms with van der Waals surface area (Å²) in [7, 11) is 3.22. The lowest BCUT2D eigenvalue weighted by Gasteiger charge is -2.11. The molecular weight excluding hydrogens is 366 g/mol. The van der Waals surface area contributed by atoms with Crippen molar-refractivity contribution in [2.75, 3.05) is 26.1 Å². The molecule has 0 aliphatic carbocycles. The van der Waals surface area contributed by atoms with Crippen LogP contribution in [0.1, 0.15) is 5.56 Å². The minimum atomic E-state index is 0.623. The Balaban J connectivity index is 1.55. The zero-order valence-electron chi connectivity index (χ0n) is 16.3. The maximum Gasteiger partial charge on any atom is 0.162 e. The average Bonchev–Trinajstić information content (AvgIpc) is 2.79. The molecular formula is C22H21N5O2. The van der Waals surface area contributed by atoms with Crippen molar-refractivity contribution >= 4 is 16.7 Å². The Hall–Kier alpha value is -3.74. The highest BCUT2D eigenvalue weighted by Gasteiger charge is 2.12. The molecule has 1 N–H and O–H groups in total. The second-order valence-corrected chi connectivity index (χ2v) is 6.45. The van der Waals surface area contributed by atoms with E-state index in [1.807, 2.05) is 42.6 Å². The fourth-order valence-corrected chi connectivity index (χ4v) is 3.16. The first-order valence-electron chi connectivity index (χ1n) is 9.25. The van der Waals surface area contributed by atoms with Crippen LogP contribution in [-0.2, 0) is 6.42 Å². The summed E-state index contributed by atoms with van der Waals surface area (Å²) in [5, 5.41) is 12.6. The number of aromatic nitrogens is 4. The van der Waals surface area contributed by atoms with Gasteiger partial charge in [0, 0.05) is 47.7 Å². The normalized spacial score (nSPS) is 10.7. The summed E-state index contributed by atoms with van der Waals surface area (Å²) >= 11 is 0. The molecule has 0 radical (unpaired) electrons. The first-order valence-corrected chi connectivity index (χ1v) is 9.25. The number of ether oxygens (including phenoxy) is 2. The standard InChI is InChI=1S/C22H21N5O2/c1-28-20-11-17-18(14-26-27-19(17)12-21(20)29-2)16-3-4-22(25-13-16)24-10-7-15-5-8-23-9-6-15/h3-6,8-9,11-14H,7,10H2,1-2H3,(H,24,25). The molecule has 7 nitrogen and oxygen atoms in total. The van der Waals surface area contributed by atoms with Crippen LogP contribution < -0.4 is 14.8 Å². The van der Waals surface area contributed by atoms with E-state index in [4.69, 9.17) is 9.47 Å². The number of nitrogens with zero attached hydrogens (tertiary/aromatic N) is 4. The topological polar surface area (TPSA) is 82.1 Å². The van der Waals surface area contributed by atoms with E-state index in [2.05, 4.69) is 25.5 Å². The van der Waals surface area contributed by atoms with Gasteiger partial charge in [-0.1, -0.05) is 0 Å². The third-order valence-corrected chi connectivity index (χ3v) is 4.69. The molecule has 0 bridgehead atoms. The molecule has 0 saturated carbocycles. The van der Waals surface area contributed by atoms with E-state index in [9.17, 15) is 0 Å². The van der Waals surface area contributed by atoms with Crippen molar-refractivity contribution in [1.82, 2.24) is 20.2 Å². The van der Waals surface area contributed by atoms with Crippen molar-refractivity contribution in [2.24, 2.45) is 0 Å². The summed E-state index contributed by atoms with van der Waals surface area (Å²) in [4.78, 5) is 8.58. The summed E-state index contributed by atoms with van der Waals surface area (Å²) in [6.45, 7) is 0.799. The summed E-state index contributed by atoms with van der Waals surface area (Å²) in [5.74, 6) is 2.10. The first-order chi connectivity index (χ1) is 14.3. The number of hydrogen-bond donors (Lipinski definition) is 1. The van der Waals surface area contributed by atoms with Crippen molar-refractivity contribution in [3.05, 3.63) is 66.7 Å². The zero-order valence-corrected chi connectivity index (χ0v) is 16.3. The summed E-state index contributed by atoms with van der Waals surface area (Å²) in [6, 6.07) is 11.8. The van der Waals surface area contributed by atoms with Gasteiger partial charge in [-0.2, -0.15) is 10.2 Å². The van der Waals surface area contributed by atoms with E-state index < -0.39 is 0 Å². The molecule has 4 rings (SSSR count). The first kappa shape index (κ1) is 18.6. The van der Waals surface area contributed by atoms with Gasteiger partial charge in [-0.05, 0) is 42.3 Å². The van der Waals surface area contributed by atoms with Gasteiger partial charge in [-0.3, -0.25) is 4.98 Å². The maximum atomic E-state index is 5.43. The van der Waals surface area contributed by atoms with Crippen molar-refractivity contribution < 1.29 is 9.47 Å². The second kappa shape index (κ2) is 8.52. The van der Waals surface area contributed by atoms with Gasteiger partial charge in [0.05, 0.1) is 25.9 Å². The predicted molar refractivity (Wildman–Crippen MR) is 112 cm³/mol. The SMILES string of the molecule is COc1cc2nncc(-c3ccc(NCCc4ccncc4)nc3)c2cc1OC. The van der Waals surface area contributed by atoms with Crippen molar-refractivity contribution in [3.63, 3.8) is 0 Å². The molecule has 0 atom stereocenters. The largest absolute Gasteiger partial charge is 0.493 e. The lowest BCUT2D eigenvalue weighted by Crippen LogP contribution is -2.06. The molecule has 0 amide bonds. The Labute approximate surface area is 168 Å². The number of hydrogen-bond acceptors (Lipinski definition) is 7. The van der Waals surface area contributed by atoms with Crippen LogP contribution in [0.3, 0.4) is 0 Å². The van der Waals surface area contributed by atoms with Gasteiger partial charge in [-0.15, -0.1) is 0 Å². The minimum Gasteiger partial charge on any atom is -0.493 e. The van der Waals surface area contributed by atoms with E-state index in [1.165, 1.54) is 5.56 Å². The van der Waals surface area contributed by atoms with Crippen LogP contribution in [-0.4, -0.2) is 40.9 Å². The van der Waals surface area contributed by atoms with E-state index >= 15 is 0 Å². The van der Waals surface area contributed by atoms with E-state index in [1.54, 1.807) is 32.8 Å². The van der Waals surface area contributed by atoms with E-state index in [0.717, 1.165) is 40.8 Å². The van der Waals surface area contributed by atoms with Gasteiger partial charge >= 0.3 is 0 Å². The lowest BCUT2D eigenvalue weighted by atomic mass is 10.0. The predicted octanol–water partition coefficient (Wildman–Crippen LogP) is 3.76. The monoisotopic (exact) mass is 387 g/mol. The fourth-order valence-electron chi connectivity index (χ4n) is 3.16. The molecule has 3 aromatic heterocycles. The number of fused-ring (bicyclic) bond motifs is 1. The molecule has 0 aliphatic heterocycles. The molecule has 1 aromatic carbocycles. The molecule has 146 valence electrons. The Kier molecular flexibility index (Phi) is 5.47. The highest BCUT2D eigenvalue weighted by molar-refractivity contribution is 5.95. The fraction of sp³-hybridized carbons (Fsp3) is 0.182. The van der Waals surface area contributed by atoms with Crippen LogP contribution in [0.25, 0.3) is 22.0 Å². The van der Waals surface area contributed by atoms with Gasteiger partial charge < -0.3 is 14.8 Å². The van der Waals surface area contributed by atoms with Crippen LogP contribution in [0.2, 0.25) is 0 Å². The Morgan fingerprint density at radius 1 is 0.931 bits per heavy atom. The molecule has 29 heavy (non-hydrogen) atoms. The number of rotatable bonds is 7. The molecule has 0 spiro atoms. The number of nitrogens with one attached hydrogen (secondary N) is 1. The molecule has 0 unspecified atom stereocenters. The highest BCUT2D eigenvalue weighted by Crippen LogP contribution is 2.35. The average molecular weight is 387 g/mol. The van der Waals surface area contributed by atoms with Crippen molar-refractivity contribution in [2.45, 2.75) is 6.42 Å². The van der Waals surface area contributed by atoms with Crippen molar-refractivity contribution in [1.29, 1.82) is 0 Å². The van der Waals surface area contributed by atoms with Gasteiger partial charge in [0.1, 0.15) is 5.82 Å². The van der Waals surface area contributed by atoms with E-state index in [-0.39, 0.29) is 0 Å². The zero-order chi connectivity index (χ0) is 20.1. The Bertz CT molecular complexity index is 1100. The smallest absolute Gasteiger partial charge is 0.162 e. The molecule has 3 heterocycles. The number of benzene rings is 1. The Morgan fingerprint density at radius 2 is 1.72 bits per heavy atom. The lowest BCUT2D eigenvalue weighted by molar-refractivity contribution is 0.356. The summed E-state index contributed by atoms with van der Waals surface area (Å²) in [6.07, 6.45) is 8.09. The number of anilines is 1. The number of methoxy groups -OCH3 is 2. The third kappa shape index (κ3) is 4.08. The Morgan fingerprint density at radius 3 is 2.45 bits per heavy atom. The van der Waals surface area contributed by atoms with Gasteiger partial charge in [0.25, 0.3) is 0 Å². The van der Waals surface area contributed by atoms with E-state index in [0.29, 0.717) is 11.5 Å². The highest BCUT2D eigenvalue weighted by atomic mass is 16.5.